The Bertz CT molecular complexity index is 1400. The average molecular weight is 563 g/mol. The minimum absolute atomic E-state index is 0.0666. The molecule has 0 spiro atoms. The molecule has 2 bridgehead atoms. The summed E-state index contributed by atoms with van der Waals surface area (Å²) in [5.74, 6) is -0.420. The van der Waals surface area contributed by atoms with E-state index in [1.165, 1.54) is 36.9 Å². The molecule has 3 aromatic rings. The Kier molecular flexibility index (Phi) is 9.22. The summed E-state index contributed by atoms with van der Waals surface area (Å²) in [7, 11) is -8.04. The van der Waals surface area contributed by atoms with Gasteiger partial charge >= 0.3 is 0 Å². The number of nitrogens with two attached hydrogens (primary N) is 1. The van der Waals surface area contributed by atoms with Crippen molar-refractivity contribution in [2.75, 3.05) is 18.0 Å². The summed E-state index contributed by atoms with van der Waals surface area (Å²) >= 11 is 0. The van der Waals surface area contributed by atoms with Gasteiger partial charge in [0.2, 0.25) is 5.91 Å². The van der Waals surface area contributed by atoms with Crippen LogP contribution < -0.4 is 16.0 Å². The van der Waals surface area contributed by atoms with Crippen LogP contribution in [0, 0.1) is 13.8 Å². The Hall–Kier alpha value is -3.36. The predicted molar refractivity (Wildman–Crippen MR) is 142 cm³/mol. The first kappa shape index (κ1) is 29.2. The molecule has 204 valence electrons. The van der Waals surface area contributed by atoms with E-state index in [-0.39, 0.29) is 9.79 Å². The molecule has 13 heteroatoms. The number of nitrogens with one attached hydrogen (secondary N) is 1. The van der Waals surface area contributed by atoms with E-state index in [1.807, 2.05) is 19.9 Å². The van der Waals surface area contributed by atoms with Crippen molar-refractivity contribution in [1.29, 1.82) is 0 Å². The van der Waals surface area contributed by atoms with Crippen LogP contribution in [0.15, 0.2) is 76.8 Å². The maximum atomic E-state index is 11.1. The van der Waals surface area contributed by atoms with Gasteiger partial charge in [-0.15, -0.1) is 0 Å². The highest BCUT2D eigenvalue weighted by molar-refractivity contribution is 7.86. The lowest BCUT2D eigenvalue weighted by atomic mass is 10.2. The van der Waals surface area contributed by atoms with Gasteiger partial charge in [0.25, 0.3) is 20.2 Å². The monoisotopic (exact) mass is 562 g/mol. The molecule has 3 heterocycles. The highest BCUT2D eigenvalue weighted by atomic mass is 32.2. The Labute approximate surface area is 222 Å². The van der Waals surface area contributed by atoms with Crippen LogP contribution in [0.3, 0.4) is 0 Å². The van der Waals surface area contributed by atoms with Crippen molar-refractivity contribution in [2.45, 2.75) is 42.1 Å². The lowest BCUT2D eigenvalue weighted by Gasteiger charge is -2.29. The molecule has 5 rings (SSSR count). The first-order valence-electron chi connectivity index (χ1n) is 11.6. The highest BCUT2D eigenvalue weighted by Crippen LogP contribution is 2.29. The number of benzene rings is 2. The van der Waals surface area contributed by atoms with E-state index >= 15 is 0 Å². The Morgan fingerprint density at radius 1 is 0.921 bits per heavy atom. The second-order valence-corrected chi connectivity index (χ2v) is 11.9. The standard InChI is InChI=1S/C11H14N4O.2C7H8O3S/c12-11(16)7-1-9(4-13-3-7)15-6-8-2-10(15)5-14-8;2*1-6-2-4-7(5-3-6)11(8,9)10/h1,3-4,8,10,14H,2,5-6H2,(H2,12,16);2*2-5H,1H3,(H,8,9,10)/t8-,10-;;/m1../s1. The zero-order valence-corrected chi connectivity index (χ0v) is 22.5. The third-order valence-corrected chi connectivity index (χ3v) is 7.77. The molecule has 2 aliphatic rings. The molecule has 2 aromatic carbocycles. The molecule has 2 saturated heterocycles. The van der Waals surface area contributed by atoms with Crippen molar-refractivity contribution in [2.24, 2.45) is 5.73 Å². The molecule has 0 radical (unpaired) electrons. The number of fused-ring (bicyclic) bond motifs is 2. The predicted octanol–water partition coefficient (Wildman–Crippen LogP) is 2.21. The molecule has 0 saturated carbocycles. The highest BCUT2D eigenvalue weighted by Gasteiger charge is 2.37. The van der Waals surface area contributed by atoms with Gasteiger partial charge < -0.3 is 16.0 Å². The van der Waals surface area contributed by atoms with Crippen LogP contribution in [0.1, 0.15) is 27.9 Å². The van der Waals surface area contributed by atoms with Crippen molar-refractivity contribution in [3.8, 4) is 0 Å². The number of carbonyl (C=O) groups excluding carboxylic acids is 1. The van der Waals surface area contributed by atoms with Crippen LogP contribution in [-0.2, 0) is 20.2 Å². The maximum Gasteiger partial charge on any atom is 0.294 e. The minimum Gasteiger partial charge on any atom is -0.366 e. The molecule has 38 heavy (non-hydrogen) atoms. The van der Waals surface area contributed by atoms with Crippen LogP contribution >= 0.6 is 0 Å². The number of aromatic nitrogens is 1. The van der Waals surface area contributed by atoms with Crippen molar-refractivity contribution in [3.05, 3.63) is 83.7 Å². The normalized spacial score (nSPS) is 18.2. The Morgan fingerprint density at radius 2 is 1.42 bits per heavy atom. The third-order valence-electron chi connectivity index (χ3n) is 6.03. The number of hydrogen-bond acceptors (Lipinski definition) is 8. The molecule has 11 nitrogen and oxygen atoms in total. The summed E-state index contributed by atoms with van der Waals surface area (Å²) in [5.41, 5.74) is 8.64. The van der Waals surface area contributed by atoms with Crippen molar-refractivity contribution in [1.82, 2.24) is 10.3 Å². The van der Waals surface area contributed by atoms with Gasteiger partial charge in [-0.3, -0.25) is 18.9 Å². The first-order valence-corrected chi connectivity index (χ1v) is 14.5. The molecule has 2 fully saturated rings. The largest absolute Gasteiger partial charge is 0.366 e. The SMILES string of the molecule is Cc1ccc(S(=O)(=O)O)cc1.Cc1ccc(S(=O)(=O)O)cc1.NC(=O)c1cncc(N2C[C@H]3C[C@@H]2CN3)c1. The number of rotatable bonds is 4. The summed E-state index contributed by atoms with van der Waals surface area (Å²) < 4.78 is 59.1. The summed E-state index contributed by atoms with van der Waals surface area (Å²) in [6.45, 7) is 5.70. The topological polar surface area (TPSA) is 180 Å². The maximum absolute atomic E-state index is 11.1. The zero-order valence-electron chi connectivity index (χ0n) is 20.9. The molecule has 1 amide bonds. The third kappa shape index (κ3) is 8.07. The number of hydrogen-bond donors (Lipinski definition) is 4. The fraction of sp³-hybridized carbons (Fsp3) is 0.280. The lowest BCUT2D eigenvalue weighted by molar-refractivity contribution is 0.1000. The molecule has 1 aromatic heterocycles. The van der Waals surface area contributed by atoms with Gasteiger partial charge in [-0.1, -0.05) is 35.4 Å². The summed E-state index contributed by atoms with van der Waals surface area (Å²) in [5, 5.41) is 3.44. The summed E-state index contributed by atoms with van der Waals surface area (Å²) in [4.78, 5) is 17.3. The van der Waals surface area contributed by atoms with Crippen LogP contribution in [0.25, 0.3) is 0 Å². The number of aryl methyl sites for hydroxylation is 2. The molecule has 5 N–H and O–H groups in total. The van der Waals surface area contributed by atoms with Crippen molar-refractivity contribution in [3.63, 3.8) is 0 Å². The van der Waals surface area contributed by atoms with Gasteiger partial charge in [0.15, 0.2) is 0 Å². The lowest BCUT2D eigenvalue weighted by Crippen LogP contribution is -2.43. The van der Waals surface area contributed by atoms with E-state index in [0.717, 1.165) is 29.9 Å². The van der Waals surface area contributed by atoms with E-state index in [4.69, 9.17) is 14.8 Å². The van der Waals surface area contributed by atoms with E-state index in [2.05, 4.69) is 15.2 Å². The van der Waals surface area contributed by atoms with Gasteiger partial charge in [-0.25, -0.2) is 0 Å². The minimum atomic E-state index is -4.02. The molecule has 2 aliphatic heterocycles. The Balaban J connectivity index is 0.000000163. The van der Waals surface area contributed by atoms with Gasteiger partial charge in [0.05, 0.1) is 27.2 Å². The van der Waals surface area contributed by atoms with E-state index in [1.54, 1.807) is 30.5 Å². The second-order valence-electron chi connectivity index (χ2n) is 9.02. The van der Waals surface area contributed by atoms with E-state index < -0.39 is 26.1 Å². The molecular formula is C25H30N4O7S2. The van der Waals surface area contributed by atoms with E-state index in [9.17, 15) is 21.6 Å². The number of anilines is 1. The zero-order chi connectivity index (χ0) is 28.1. The summed E-state index contributed by atoms with van der Waals surface area (Å²) in [6.07, 6.45) is 4.49. The Morgan fingerprint density at radius 3 is 1.79 bits per heavy atom. The van der Waals surface area contributed by atoms with Gasteiger partial charge in [0.1, 0.15) is 0 Å². The molecule has 2 atom stereocenters. The number of primary amides is 1. The molecule has 0 aliphatic carbocycles. The van der Waals surface area contributed by atoms with E-state index in [0.29, 0.717) is 17.6 Å². The van der Waals surface area contributed by atoms with Crippen LogP contribution in [0.5, 0.6) is 0 Å². The van der Waals surface area contributed by atoms with Gasteiger partial charge in [-0.2, -0.15) is 16.8 Å². The van der Waals surface area contributed by atoms with Crippen molar-refractivity contribution >= 4 is 31.8 Å². The smallest absolute Gasteiger partial charge is 0.294 e. The number of amides is 1. The quantitative estimate of drug-likeness (QED) is 0.344. The molecular weight excluding hydrogens is 532 g/mol. The summed E-state index contributed by atoms with van der Waals surface area (Å²) in [6, 6.07) is 14.9. The van der Waals surface area contributed by atoms with Crippen LogP contribution in [0.4, 0.5) is 5.69 Å². The second kappa shape index (κ2) is 12.0. The van der Waals surface area contributed by atoms with Crippen LogP contribution in [0.2, 0.25) is 0 Å². The number of carbonyl (C=O) groups is 1. The molecule has 0 unspecified atom stereocenters. The average Bonchev–Trinajstić information content (AvgIpc) is 3.48. The first-order chi connectivity index (χ1) is 17.7. The van der Waals surface area contributed by atoms with Crippen LogP contribution in [-0.4, -0.2) is 62.0 Å². The fourth-order valence-electron chi connectivity index (χ4n) is 4.02. The fourth-order valence-corrected chi connectivity index (χ4v) is 4.98. The van der Waals surface area contributed by atoms with Crippen molar-refractivity contribution < 1.29 is 30.7 Å². The number of piperazine rings is 1. The number of nitrogens with zero attached hydrogens (tertiary/aromatic N) is 2. The van der Waals surface area contributed by atoms with Gasteiger partial charge in [-0.05, 0) is 50.6 Å². The van der Waals surface area contributed by atoms with Gasteiger partial charge in [0, 0.05) is 31.4 Å². The number of pyridine rings is 1.